The highest BCUT2D eigenvalue weighted by Gasteiger charge is 2.14. The summed E-state index contributed by atoms with van der Waals surface area (Å²) in [5.41, 5.74) is 7.71. The van der Waals surface area contributed by atoms with E-state index in [9.17, 15) is 4.39 Å². The lowest BCUT2D eigenvalue weighted by Gasteiger charge is -2.07. The van der Waals surface area contributed by atoms with E-state index in [4.69, 9.17) is 5.73 Å². The molecule has 100 valence electrons. The minimum absolute atomic E-state index is 0.295. The molecule has 0 saturated carbocycles. The Balaban J connectivity index is 1.88. The highest BCUT2D eigenvalue weighted by atomic mass is 19.1. The Morgan fingerprint density at radius 3 is 2.45 bits per heavy atom. The predicted octanol–water partition coefficient (Wildman–Crippen LogP) is 2.05. The molecule has 0 aliphatic heterocycles. The van der Waals surface area contributed by atoms with Gasteiger partial charge in [0.2, 0.25) is 0 Å². The molecule has 0 spiro atoms. The van der Waals surface area contributed by atoms with Gasteiger partial charge in [-0.2, -0.15) is 5.10 Å². The summed E-state index contributed by atoms with van der Waals surface area (Å²) in [4.78, 5) is 8.31. The third-order valence-corrected chi connectivity index (χ3v) is 2.96. The van der Waals surface area contributed by atoms with Crippen LogP contribution in [0.15, 0.2) is 48.8 Å². The van der Waals surface area contributed by atoms with Crippen molar-refractivity contribution in [3.8, 4) is 11.4 Å². The number of aromatic nitrogens is 4. The topological polar surface area (TPSA) is 80.5 Å². The quantitative estimate of drug-likeness (QED) is 0.762. The zero-order valence-corrected chi connectivity index (χ0v) is 10.5. The number of H-pyrrole nitrogens is 1. The van der Waals surface area contributed by atoms with E-state index in [-0.39, 0.29) is 5.82 Å². The van der Waals surface area contributed by atoms with Gasteiger partial charge in [-0.25, -0.2) is 9.37 Å². The molecule has 20 heavy (non-hydrogen) atoms. The third kappa shape index (κ3) is 2.41. The number of hydrogen-bond donors (Lipinski definition) is 2. The monoisotopic (exact) mass is 269 g/mol. The molecule has 0 bridgehead atoms. The number of rotatable bonds is 3. The molecule has 0 aliphatic rings. The summed E-state index contributed by atoms with van der Waals surface area (Å²) >= 11 is 0. The van der Waals surface area contributed by atoms with Crippen LogP contribution in [0.1, 0.15) is 17.4 Å². The van der Waals surface area contributed by atoms with Crippen LogP contribution in [0.4, 0.5) is 4.39 Å². The SMILES string of the molecule is NC(c1ccc(F)cc1)c1nc(-c2ccncc2)n[nH]1. The highest BCUT2D eigenvalue weighted by Crippen LogP contribution is 2.19. The number of nitrogens with zero attached hydrogens (tertiary/aromatic N) is 3. The van der Waals surface area contributed by atoms with Crippen molar-refractivity contribution < 1.29 is 4.39 Å². The second-order valence-electron chi connectivity index (χ2n) is 4.31. The fraction of sp³-hybridized carbons (Fsp3) is 0.0714. The second kappa shape index (κ2) is 5.18. The van der Waals surface area contributed by atoms with Crippen LogP contribution < -0.4 is 5.73 Å². The van der Waals surface area contributed by atoms with Crippen molar-refractivity contribution in [2.24, 2.45) is 5.73 Å². The molecule has 3 N–H and O–H groups in total. The summed E-state index contributed by atoms with van der Waals surface area (Å²) in [5, 5.41) is 6.95. The lowest BCUT2D eigenvalue weighted by molar-refractivity contribution is 0.626. The number of nitrogens with one attached hydrogen (secondary N) is 1. The summed E-state index contributed by atoms with van der Waals surface area (Å²) in [6.07, 6.45) is 3.34. The Bertz CT molecular complexity index is 693. The summed E-state index contributed by atoms with van der Waals surface area (Å²) in [6.45, 7) is 0. The number of pyridine rings is 1. The van der Waals surface area contributed by atoms with Gasteiger partial charge in [0.25, 0.3) is 0 Å². The van der Waals surface area contributed by atoms with E-state index >= 15 is 0 Å². The molecule has 1 atom stereocenters. The Morgan fingerprint density at radius 1 is 1.05 bits per heavy atom. The molecule has 5 nitrogen and oxygen atoms in total. The van der Waals surface area contributed by atoms with Gasteiger partial charge in [-0.3, -0.25) is 10.1 Å². The minimum atomic E-state index is -0.473. The van der Waals surface area contributed by atoms with Gasteiger partial charge >= 0.3 is 0 Å². The maximum absolute atomic E-state index is 12.9. The summed E-state index contributed by atoms with van der Waals surface area (Å²) in [5.74, 6) is 0.791. The molecule has 3 rings (SSSR count). The second-order valence-corrected chi connectivity index (χ2v) is 4.31. The Kier molecular flexibility index (Phi) is 3.22. The van der Waals surface area contributed by atoms with Crippen LogP contribution in [0, 0.1) is 5.82 Å². The molecule has 2 heterocycles. The molecule has 0 fully saturated rings. The molecule has 1 aromatic carbocycles. The van der Waals surface area contributed by atoms with E-state index in [1.54, 1.807) is 24.5 Å². The summed E-state index contributed by atoms with van der Waals surface area (Å²) in [7, 11) is 0. The number of benzene rings is 1. The standard InChI is InChI=1S/C14H12FN5/c15-11-3-1-9(2-4-11)12(16)14-18-13(19-20-14)10-5-7-17-8-6-10/h1-8,12H,16H2,(H,18,19,20). The predicted molar refractivity (Wildman–Crippen MR) is 72.0 cm³/mol. The van der Waals surface area contributed by atoms with Crippen LogP contribution in [0.25, 0.3) is 11.4 Å². The first kappa shape index (κ1) is 12.4. The maximum Gasteiger partial charge on any atom is 0.181 e. The van der Waals surface area contributed by atoms with Crippen LogP contribution in [-0.4, -0.2) is 20.2 Å². The molecule has 0 radical (unpaired) electrons. The van der Waals surface area contributed by atoms with Gasteiger partial charge < -0.3 is 5.73 Å². The fourth-order valence-electron chi connectivity index (χ4n) is 1.87. The van der Waals surface area contributed by atoms with Gasteiger partial charge in [0.05, 0.1) is 6.04 Å². The van der Waals surface area contributed by atoms with Crippen LogP contribution in [0.2, 0.25) is 0 Å². The van der Waals surface area contributed by atoms with Crippen LogP contribution >= 0.6 is 0 Å². The van der Waals surface area contributed by atoms with E-state index in [1.165, 1.54) is 12.1 Å². The number of aromatic amines is 1. The molecule has 3 aromatic rings. The highest BCUT2D eigenvalue weighted by molar-refractivity contribution is 5.53. The molecule has 1 unspecified atom stereocenters. The summed E-state index contributed by atoms with van der Waals surface area (Å²) < 4.78 is 12.9. The van der Waals surface area contributed by atoms with Crippen molar-refractivity contribution >= 4 is 0 Å². The summed E-state index contributed by atoms with van der Waals surface area (Å²) in [6, 6.07) is 9.17. The van der Waals surface area contributed by atoms with Crippen molar-refractivity contribution in [2.45, 2.75) is 6.04 Å². The first-order valence-corrected chi connectivity index (χ1v) is 6.08. The van der Waals surface area contributed by atoms with E-state index in [0.717, 1.165) is 11.1 Å². The molecule has 6 heteroatoms. The maximum atomic E-state index is 12.9. The first-order chi connectivity index (χ1) is 9.74. The lowest BCUT2D eigenvalue weighted by atomic mass is 10.1. The first-order valence-electron chi connectivity index (χ1n) is 6.08. The lowest BCUT2D eigenvalue weighted by Crippen LogP contribution is -2.13. The van der Waals surface area contributed by atoms with Crippen LogP contribution in [0.3, 0.4) is 0 Å². The number of nitrogens with two attached hydrogens (primary N) is 1. The molecule has 0 saturated heterocycles. The van der Waals surface area contributed by atoms with E-state index in [1.807, 2.05) is 12.1 Å². The van der Waals surface area contributed by atoms with Crippen molar-refractivity contribution in [3.05, 3.63) is 66.0 Å². The van der Waals surface area contributed by atoms with Crippen molar-refractivity contribution in [1.82, 2.24) is 20.2 Å². The van der Waals surface area contributed by atoms with E-state index < -0.39 is 6.04 Å². The zero-order chi connectivity index (χ0) is 13.9. The molecule has 2 aromatic heterocycles. The van der Waals surface area contributed by atoms with Crippen molar-refractivity contribution in [3.63, 3.8) is 0 Å². The molecular formula is C14H12FN5. The van der Waals surface area contributed by atoms with Gasteiger partial charge in [-0.05, 0) is 29.8 Å². The van der Waals surface area contributed by atoms with Crippen LogP contribution in [-0.2, 0) is 0 Å². The van der Waals surface area contributed by atoms with Gasteiger partial charge in [0.15, 0.2) is 5.82 Å². The fourth-order valence-corrected chi connectivity index (χ4v) is 1.87. The van der Waals surface area contributed by atoms with E-state index in [0.29, 0.717) is 11.6 Å². The van der Waals surface area contributed by atoms with Gasteiger partial charge in [0.1, 0.15) is 11.6 Å². The number of hydrogen-bond acceptors (Lipinski definition) is 4. The Morgan fingerprint density at radius 2 is 1.75 bits per heavy atom. The third-order valence-electron chi connectivity index (χ3n) is 2.96. The number of halogens is 1. The van der Waals surface area contributed by atoms with Crippen molar-refractivity contribution in [1.29, 1.82) is 0 Å². The molecule has 0 amide bonds. The normalized spacial score (nSPS) is 12.3. The largest absolute Gasteiger partial charge is 0.318 e. The van der Waals surface area contributed by atoms with Gasteiger partial charge in [0, 0.05) is 18.0 Å². The zero-order valence-electron chi connectivity index (χ0n) is 10.5. The van der Waals surface area contributed by atoms with Gasteiger partial charge in [-0.15, -0.1) is 0 Å². The Hall–Kier alpha value is -2.60. The van der Waals surface area contributed by atoms with Crippen molar-refractivity contribution in [2.75, 3.05) is 0 Å². The molecule has 0 aliphatic carbocycles. The Labute approximate surface area is 114 Å². The average Bonchev–Trinajstić information content (AvgIpc) is 2.98. The minimum Gasteiger partial charge on any atom is -0.318 e. The van der Waals surface area contributed by atoms with E-state index in [2.05, 4.69) is 20.2 Å². The van der Waals surface area contributed by atoms with Gasteiger partial charge in [-0.1, -0.05) is 12.1 Å². The average molecular weight is 269 g/mol. The smallest absolute Gasteiger partial charge is 0.181 e. The van der Waals surface area contributed by atoms with Crippen LogP contribution in [0.5, 0.6) is 0 Å². The molecular weight excluding hydrogens is 257 g/mol.